The first-order valence-corrected chi connectivity index (χ1v) is 48.3. The van der Waals surface area contributed by atoms with Crippen molar-refractivity contribution < 1.29 is 106 Å². The second-order valence-electron chi connectivity index (χ2n) is 38.6. The van der Waals surface area contributed by atoms with Gasteiger partial charge in [0.1, 0.15) is 34.8 Å². The van der Waals surface area contributed by atoms with E-state index >= 15 is 0 Å². The Morgan fingerprint density at radius 1 is 0.378 bits per heavy atom. The normalized spacial score (nSPS) is 16.5. The lowest BCUT2D eigenvalue weighted by molar-refractivity contribution is -0.384. The summed E-state index contributed by atoms with van der Waals surface area (Å²) in [7, 11) is 7.59. The van der Waals surface area contributed by atoms with Crippen LogP contribution in [-0.4, -0.2) is 126 Å². The molecule has 0 bridgehead atoms. The number of nitro benzene ring substituents is 1. The first-order chi connectivity index (χ1) is 69.6. The fraction of sp³-hybridized carbons (Fsp3) is 0.328. The second-order valence-corrected chi connectivity index (χ2v) is 39.0. The van der Waals surface area contributed by atoms with Crippen molar-refractivity contribution in [1.82, 2.24) is 9.80 Å². The maximum atomic E-state index is 13.8. The molecule has 5 N–H and O–H groups in total. The van der Waals surface area contributed by atoms with E-state index in [4.69, 9.17) is 26.8 Å². The summed E-state index contributed by atoms with van der Waals surface area (Å²) in [6.07, 6.45) is 17.3. The number of allylic oxidation sites excluding steroid dienone is 4. The second kappa shape index (κ2) is 57.0. The summed E-state index contributed by atoms with van der Waals surface area (Å²) in [6.45, 7) is 12.1. The average Bonchev–Trinajstić information content (AvgIpc) is 0.797. The first kappa shape index (κ1) is 119. The third-order valence-corrected chi connectivity index (χ3v) is 24.3. The topological polar surface area (TPSA) is 301 Å². The number of nitrogens with two attached hydrogens (primary N) is 1. The molecule has 5 fully saturated rings. The van der Waals surface area contributed by atoms with Crippen LogP contribution in [0.4, 0.5) is 81.9 Å². The number of nitrogens with zero attached hydrogens (tertiary/aromatic N) is 3. The maximum Gasteiger partial charge on any atom is 0.412 e. The molecule has 0 heterocycles. The lowest BCUT2D eigenvalue weighted by atomic mass is 9.76. The minimum absolute atomic E-state index is 0. The van der Waals surface area contributed by atoms with Crippen LogP contribution in [0.15, 0.2) is 235 Å². The largest absolute Gasteiger partial charge is 0.444 e. The van der Waals surface area contributed by atoms with Gasteiger partial charge in [-0.05, 0) is 365 Å². The summed E-state index contributed by atoms with van der Waals surface area (Å²) in [5.74, 6) is -8.56. The number of halogens is 11. The molecule has 0 spiro atoms. The van der Waals surface area contributed by atoms with Crippen molar-refractivity contribution in [3.05, 3.63) is 359 Å². The summed E-state index contributed by atoms with van der Waals surface area (Å²) in [4.78, 5) is 130. The molecule has 15 rings (SSSR count). The Hall–Kier alpha value is -14.4. The molecular formula is C116H124ClF10N7O14. The molecule has 0 atom stereocenters. The molecule has 5 aliphatic rings. The van der Waals surface area contributed by atoms with Gasteiger partial charge in [0.2, 0.25) is 11.1 Å². The molecule has 10 aromatic rings. The number of Topliss-reactive ketones (excluding diaryl/α,β-unsaturated/α-hetero) is 5. The predicted octanol–water partition coefficient (Wildman–Crippen LogP) is 27.6. The number of nitrogen functional groups attached to an aromatic ring is 1. The Bertz CT molecular complexity index is 6270. The first-order valence-electron chi connectivity index (χ1n) is 47.9. The van der Waals surface area contributed by atoms with Gasteiger partial charge >= 0.3 is 12.2 Å². The molecule has 21 nitrogen and oxygen atoms in total. The predicted molar refractivity (Wildman–Crippen MR) is 557 cm³/mol. The van der Waals surface area contributed by atoms with Gasteiger partial charge in [0, 0.05) is 127 Å². The third-order valence-electron chi connectivity index (χ3n) is 24.1. The number of carbonyl (C=O) groups is 10. The van der Waals surface area contributed by atoms with Crippen LogP contribution in [0.3, 0.4) is 0 Å². The van der Waals surface area contributed by atoms with Crippen molar-refractivity contribution in [3.63, 3.8) is 0 Å². The molecule has 0 unspecified atom stereocenters. The third kappa shape index (κ3) is 40.1. The van der Waals surface area contributed by atoms with Gasteiger partial charge in [-0.15, -0.1) is 0 Å². The summed E-state index contributed by atoms with van der Waals surface area (Å²) in [5, 5.41) is 18.5. The number of benzene rings is 10. The van der Waals surface area contributed by atoms with Gasteiger partial charge in [0.15, 0.2) is 69.7 Å². The van der Waals surface area contributed by atoms with E-state index in [1.165, 1.54) is 77.9 Å². The lowest BCUT2D eigenvalue weighted by Crippen LogP contribution is -2.27. The lowest BCUT2D eigenvalue weighted by Gasteiger charge is -2.26. The van der Waals surface area contributed by atoms with Gasteiger partial charge in [-0.25, -0.2) is 53.5 Å². The Morgan fingerprint density at radius 3 is 0.878 bits per heavy atom. The van der Waals surface area contributed by atoms with Gasteiger partial charge in [-0.1, -0.05) is 92.4 Å². The highest BCUT2D eigenvalue weighted by Crippen LogP contribution is 2.43. The SMILES string of the molecule is C.CC(C)(C)OC(=O)Nc1ccc(C2C/C(=C\c3ccc(F)c(F)c3)C(=O)/C(=C/c3ccc(F)c(F)c3)C2)cc1.CC(C)(C)OC(=O)Nc1ccc(C2CCC(=O)CC2)cc1.CN(C)CCC(=O)Cl.CN(C)CCC(=O)Nc1ccc(C2C/C(=C\c3ccc(F)c(F)c3)C(=O)/C(=C/c3ccc(F)c(F)c3)C2)cc1.Nc1ccc(C2CCC(=O)CC2)cc1.O=C1CCC(c2ccc([N+](=O)[O-])cc2)CC1.O=Cc1ccc(F)c(F)c1. The summed E-state index contributed by atoms with van der Waals surface area (Å²) in [6, 6.07) is 53.4. The molecule has 0 saturated heterocycles. The molecule has 10 aromatic carbocycles. The number of anilines is 4. The number of hydrogen-bond acceptors (Lipinski definition) is 17. The standard InChI is InChI=1S/C31H28F4N2O2.C31H27F4NO3.C17H23NO3.C12H13NO3.C12H15NO.C7H4F2O.C5H10ClNO.CH4/c1-37(2)12-11-30(38)36-25-7-5-21(6-8-25)22-17-23(13-19-3-9-26(32)28(34)15-19)31(39)24(18-22)14-20-4-10-27(33)29(35)16-20;1-31(2,3)39-30(38)36-24-8-6-20(7-9-24)21-16-22(12-18-4-10-25(32)27(34)14-18)29(37)23(17-21)13-19-5-11-26(33)28(35)15-19;1-17(2,3)21-16(20)18-14-8-4-12(5-9-14)13-6-10-15(19)11-7-13;14-12-7-3-10(4-8-12)9-1-5-11(6-2-9)13(15)16;13-11-5-1-9(2-6-11)10-3-7-12(14)8-4-10;8-6-2-1-5(4-10)3-7(6)9;1-7(2)4-3-5(6)8;/h3-10,13-16,22H,11-12,17-18H2,1-2H3,(H,36,38);4-15,21H,16-17H2,1-3H3,(H,36,38);4-5,8-9,13H,6-7,10-11H2,1-3H3,(H,18,20);1-2,5-6,10H,3-4,7-8H2;1-2,5-6,10H,3-4,7-8,13H2;1-4H;3-4H2,1-2H3;1H4/b23-13+,24-14+;22-12+,23-13+;;;;;;. The van der Waals surface area contributed by atoms with Crippen molar-refractivity contribution in [2.24, 2.45) is 0 Å². The zero-order valence-corrected chi connectivity index (χ0v) is 84.2. The van der Waals surface area contributed by atoms with Crippen LogP contribution in [0.25, 0.3) is 24.3 Å². The summed E-state index contributed by atoms with van der Waals surface area (Å²) in [5.41, 5.74) is 15.7. The van der Waals surface area contributed by atoms with Crippen molar-refractivity contribution >= 4 is 123 Å². The zero-order chi connectivity index (χ0) is 108. The molecule has 0 aromatic heterocycles. The number of ketones is 5. The summed E-state index contributed by atoms with van der Waals surface area (Å²) >= 11 is 5.06. The van der Waals surface area contributed by atoms with Crippen LogP contribution < -0.4 is 21.7 Å². The van der Waals surface area contributed by atoms with Crippen LogP contribution >= 0.6 is 11.6 Å². The number of nitrogens with one attached hydrogen (secondary N) is 3. The number of nitro groups is 1. The highest BCUT2D eigenvalue weighted by Gasteiger charge is 2.33. The molecule has 5 aliphatic carbocycles. The summed E-state index contributed by atoms with van der Waals surface area (Å²) < 4.78 is 144. The fourth-order valence-electron chi connectivity index (χ4n) is 16.4. The number of aldehydes is 1. The minimum atomic E-state index is -1.03. The molecule has 0 radical (unpaired) electrons. The van der Waals surface area contributed by atoms with E-state index in [0.717, 1.165) is 147 Å². The molecule has 3 amide bonds. The molecule has 784 valence electrons. The fourth-order valence-corrected chi connectivity index (χ4v) is 16.5. The van der Waals surface area contributed by atoms with Crippen LogP contribution in [0.5, 0.6) is 0 Å². The molecule has 32 heteroatoms. The Balaban J connectivity index is 0.000000225. The molecule has 0 aliphatic heterocycles. The van der Waals surface area contributed by atoms with E-state index in [1.54, 1.807) is 57.2 Å². The van der Waals surface area contributed by atoms with Gasteiger partial charge in [-0.3, -0.25) is 59.1 Å². The van der Waals surface area contributed by atoms with Gasteiger partial charge in [0.05, 0.1) is 4.92 Å². The van der Waals surface area contributed by atoms with E-state index in [1.807, 2.05) is 119 Å². The Morgan fingerprint density at radius 2 is 0.628 bits per heavy atom. The zero-order valence-electron chi connectivity index (χ0n) is 83.4. The molecule has 148 heavy (non-hydrogen) atoms. The number of amides is 3. The number of non-ortho nitro benzene ring substituents is 1. The highest BCUT2D eigenvalue weighted by molar-refractivity contribution is 6.63. The van der Waals surface area contributed by atoms with Crippen molar-refractivity contribution in [3.8, 4) is 0 Å². The monoisotopic (exact) mass is 2060 g/mol. The van der Waals surface area contributed by atoms with Gasteiger partial charge < -0.3 is 30.3 Å². The van der Waals surface area contributed by atoms with Crippen LogP contribution in [0.2, 0.25) is 0 Å². The Kier molecular flexibility index (Phi) is 45.8. The number of ether oxygens (including phenoxy) is 2. The van der Waals surface area contributed by atoms with E-state index < -0.39 is 86.5 Å². The maximum absolute atomic E-state index is 13.8. The van der Waals surface area contributed by atoms with Gasteiger partial charge in [0.25, 0.3) is 5.69 Å². The smallest absolute Gasteiger partial charge is 0.412 e. The van der Waals surface area contributed by atoms with Crippen molar-refractivity contribution in [1.29, 1.82) is 0 Å². The van der Waals surface area contributed by atoms with Crippen LogP contribution in [0.1, 0.15) is 255 Å². The number of rotatable bonds is 20. The highest BCUT2D eigenvalue weighted by atomic mass is 35.5. The number of hydrogen-bond donors (Lipinski definition) is 4. The van der Waals surface area contributed by atoms with Crippen molar-refractivity contribution in [2.45, 2.75) is 205 Å². The van der Waals surface area contributed by atoms with Crippen LogP contribution in [0, 0.1) is 68.3 Å². The van der Waals surface area contributed by atoms with E-state index in [0.29, 0.717) is 168 Å². The average molecular weight is 2070 g/mol. The number of carbonyl (C=O) groups excluding carboxylic acids is 10. The van der Waals surface area contributed by atoms with Gasteiger partial charge in [-0.2, -0.15) is 0 Å². The van der Waals surface area contributed by atoms with E-state index in [2.05, 4.69) is 28.1 Å². The minimum Gasteiger partial charge on any atom is -0.444 e. The molecule has 5 saturated carbocycles. The molecular weight excluding hydrogens is 1940 g/mol. The van der Waals surface area contributed by atoms with E-state index in [-0.39, 0.29) is 53.2 Å². The quantitative estimate of drug-likeness (QED) is 0.0105. The van der Waals surface area contributed by atoms with Crippen molar-refractivity contribution in [2.75, 3.05) is 63.0 Å². The van der Waals surface area contributed by atoms with Crippen LogP contribution in [-0.2, 0) is 43.0 Å². The van der Waals surface area contributed by atoms with E-state index in [9.17, 15) is 102 Å². The Labute approximate surface area is 861 Å².